The minimum Gasteiger partial charge on any atom is -0.340 e. The molecule has 0 unspecified atom stereocenters. The van der Waals surface area contributed by atoms with E-state index in [9.17, 15) is 4.79 Å². The lowest BCUT2D eigenvalue weighted by Gasteiger charge is -2.39. The molecule has 2 N–H and O–H groups in total. The molecule has 0 radical (unpaired) electrons. The number of pyridine rings is 1. The average Bonchev–Trinajstić information content (AvgIpc) is 3.06. The molecule has 0 spiro atoms. The summed E-state index contributed by atoms with van der Waals surface area (Å²) in [7, 11) is 0. The van der Waals surface area contributed by atoms with Crippen molar-refractivity contribution in [1.82, 2.24) is 14.8 Å². The van der Waals surface area contributed by atoms with Gasteiger partial charge in [-0.2, -0.15) is 0 Å². The van der Waals surface area contributed by atoms with Crippen molar-refractivity contribution in [2.24, 2.45) is 11.1 Å². The van der Waals surface area contributed by atoms with E-state index in [2.05, 4.69) is 16.0 Å². The minimum atomic E-state index is -0.261. The first-order valence-electron chi connectivity index (χ1n) is 8.35. The number of piperazine rings is 1. The van der Waals surface area contributed by atoms with Gasteiger partial charge in [-0.3, -0.25) is 14.7 Å². The molecular formula is C17H26N4O. The lowest BCUT2D eigenvalue weighted by Crippen LogP contribution is -2.54. The molecule has 2 aliphatic rings. The molecule has 22 heavy (non-hydrogen) atoms. The molecule has 2 heterocycles. The lowest BCUT2D eigenvalue weighted by molar-refractivity contribution is -0.143. The van der Waals surface area contributed by atoms with E-state index < -0.39 is 0 Å². The van der Waals surface area contributed by atoms with Crippen LogP contribution in [0.4, 0.5) is 0 Å². The van der Waals surface area contributed by atoms with Crippen LogP contribution in [0.25, 0.3) is 0 Å². The first-order chi connectivity index (χ1) is 10.7. The highest BCUT2D eigenvalue weighted by molar-refractivity contribution is 5.83. The summed E-state index contributed by atoms with van der Waals surface area (Å²) in [6.45, 7) is 4.83. The third-order valence-electron chi connectivity index (χ3n) is 5.18. The second-order valence-corrected chi connectivity index (χ2v) is 6.58. The second-order valence-electron chi connectivity index (χ2n) is 6.58. The van der Waals surface area contributed by atoms with Crippen LogP contribution >= 0.6 is 0 Å². The van der Waals surface area contributed by atoms with Crippen LogP contribution in [-0.2, 0) is 11.3 Å². The highest BCUT2D eigenvalue weighted by Crippen LogP contribution is 2.39. The van der Waals surface area contributed by atoms with E-state index in [1.54, 1.807) is 0 Å². The van der Waals surface area contributed by atoms with Crippen molar-refractivity contribution in [3.8, 4) is 0 Å². The Morgan fingerprint density at radius 3 is 2.50 bits per heavy atom. The van der Waals surface area contributed by atoms with Gasteiger partial charge >= 0.3 is 0 Å². The van der Waals surface area contributed by atoms with Gasteiger partial charge < -0.3 is 10.6 Å². The van der Waals surface area contributed by atoms with Gasteiger partial charge in [0.15, 0.2) is 0 Å². The molecule has 1 saturated heterocycles. The molecule has 120 valence electrons. The maximum atomic E-state index is 12.8. The highest BCUT2D eigenvalue weighted by atomic mass is 16.2. The Kier molecular flexibility index (Phi) is 4.74. The monoisotopic (exact) mass is 302 g/mol. The molecule has 0 atom stereocenters. The number of amides is 1. The molecule has 1 saturated carbocycles. The van der Waals surface area contributed by atoms with Crippen LogP contribution in [0.1, 0.15) is 31.4 Å². The third-order valence-corrected chi connectivity index (χ3v) is 5.18. The number of hydrogen-bond acceptors (Lipinski definition) is 4. The molecule has 1 aliphatic carbocycles. The van der Waals surface area contributed by atoms with E-state index in [1.807, 2.05) is 23.2 Å². The summed E-state index contributed by atoms with van der Waals surface area (Å²) in [6.07, 6.45) is 6.05. The number of nitrogens with two attached hydrogens (primary N) is 1. The number of nitrogens with zero attached hydrogens (tertiary/aromatic N) is 3. The molecule has 0 aromatic carbocycles. The van der Waals surface area contributed by atoms with Gasteiger partial charge in [0.05, 0.1) is 11.1 Å². The van der Waals surface area contributed by atoms with Gasteiger partial charge in [0.25, 0.3) is 0 Å². The molecule has 1 aliphatic heterocycles. The fraction of sp³-hybridized carbons (Fsp3) is 0.647. The molecule has 1 aromatic heterocycles. The number of carbonyl (C=O) groups is 1. The summed E-state index contributed by atoms with van der Waals surface area (Å²) in [5.74, 6) is 0.296. The highest BCUT2D eigenvalue weighted by Gasteiger charge is 2.42. The van der Waals surface area contributed by atoms with Crippen molar-refractivity contribution >= 4 is 5.91 Å². The van der Waals surface area contributed by atoms with E-state index in [0.717, 1.165) is 64.1 Å². The summed E-state index contributed by atoms with van der Waals surface area (Å²) >= 11 is 0. The van der Waals surface area contributed by atoms with Crippen molar-refractivity contribution < 1.29 is 4.79 Å². The Morgan fingerprint density at radius 1 is 1.18 bits per heavy atom. The van der Waals surface area contributed by atoms with Gasteiger partial charge in [-0.1, -0.05) is 18.9 Å². The van der Waals surface area contributed by atoms with Crippen LogP contribution < -0.4 is 5.73 Å². The van der Waals surface area contributed by atoms with E-state index >= 15 is 0 Å². The van der Waals surface area contributed by atoms with Gasteiger partial charge in [-0.05, 0) is 25.0 Å². The third kappa shape index (κ3) is 3.15. The van der Waals surface area contributed by atoms with Crippen molar-refractivity contribution in [1.29, 1.82) is 0 Å². The topological polar surface area (TPSA) is 62.5 Å². The molecule has 5 heteroatoms. The molecule has 1 amide bonds. The largest absolute Gasteiger partial charge is 0.340 e. The average molecular weight is 302 g/mol. The van der Waals surface area contributed by atoms with Crippen LogP contribution in [0.2, 0.25) is 0 Å². The molecule has 3 rings (SSSR count). The summed E-state index contributed by atoms with van der Waals surface area (Å²) in [4.78, 5) is 21.6. The standard InChI is InChI=1S/C17H26N4O/c18-14-17(6-2-3-7-17)16(22)21-11-9-20(10-12-21)13-15-5-1-4-8-19-15/h1,4-5,8H,2-3,6-7,9-14,18H2. The van der Waals surface area contributed by atoms with Crippen LogP contribution in [0.5, 0.6) is 0 Å². The minimum absolute atomic E-state index is 0.261. The zero-order valence-corrected chi connectivity index (χ0v) is 13.2. The zero-order valence-electron chi connectivity index (χ0n) is 13.2. The predicted octanol–water partition coefficient (Wildman–Crippen LogP) is 1.24. The van der Waals surface area contributed by atoms with E-state index in [0.29, 0.717) is 12.5 Å². The summed E-state index contributed by atoms with van der Waals surface area (Å²) in [6, 6.07) is 6.01. The fourth-order valence-electron chi connectivity index (χ4n) is 3.72. The predicted molar refractivity (Wildman–Crippen MR) is 86.0 cm³/mol. The maximum Gasteiger partial charge on any atom is 0.230 e. The van der Waals surface area contributed by atoms with Gasteiger partial charge in [0.1, 0.15) is 0 Å². The number of carbonyl (C=O) groups excluding carboxylic acids is 1. The van der Waals surface area contributed by atoms with Gasteiger partial charge in [0.2, 0.25) is 5.91 Å². The second kappa shape index (κ2) is 6.75. The maximum absolute atomic E-state index is 12.8. The quantitative estimate of drug-likeness (QED) is 0.909. The number of rotatable bonds is 4. The van der Waals surface area contributed by atoms with Crippen molar-refractivity contribution in [3.63, 3.8) is 0 Å². The molecule has 0 bridgehead atoms. The summed E-state index contributed by atoms with van der Waals surface area (Å²) < 4.78 is 0. The molecule has 5 nitrogen and oxygen atoms in total. The number of hydrogen-bond donors (Lipinski definition) is 1. The Bertz CT molecular complexity index is 491. The normalized spacial score (nSPS) is 22.0. The molecule has 1 aromatic rings. The van der Waals surface area contributed by atoms with Crippen LogP contribution in [-0.4, -0.2) is 53.4 Å². The Labute approximate surface area is 132 Å². The van der Waals surface area contributed by atoms with Crippen molar-refractivity contribution in [3.05, 3.63) is 30.1 Å². The van der Waals surface area contributed by atoms with Crippen LogP contribution in [0.3, 0.4) is 0 Å². The van der Waals surface area contributed by atoms with Crippen molar-refractivity contribution in [2.75, 3.05) is 32.7 Å². The molecular weight excluding hydrogens is 276 g/mol. The number of aromatic nitrogens is 1. The lowest BCUT2D eigenvalue weighted by atomic mass is 9.84. The van der Waals surface area contributed by atoms with Gasteiger partial charge in [0, 0.05) is 45.5 Å². The van der Waals surface area contributed by atoms with E-state index in [1.165, 1.54) is 0 Å². The van der Waals surface area contributed by atoms with Gasteiger partial charge in [-0.25, -0.2) is 0 Å². The molecule has 2 fully saturated rings. The van der Waals surface area contributed by atoms with Gasteiger partial charge in [-0.15, -0.1) is 0 Å². The van der Waals surface area contributed by atoms with Crippen molar-refractivity contribution in [2.45, 2.75) is 32.2 Å². The fourth-order valence-corrected chi connectivity index (χ4v) is 3.72. The van der Waals surface area contributed by atoms with E-state index in [4.69, 9.17) is 5.73 Å². The Balaban J connectivity index is 1.54. The smallest absolute Gasteiger partial charge is 0.230 e. The zero-order chi connectivity index (χ0) is 15.4. The van der Waals surface area contributed by atoms with Crippen LogP contribution in [0, 0.1) is 5.41 Å². The summed E-state index contributed by atoms with van der Waals surface area (Å²) in [5.41, 5.74) is 6.77. The first-order valence-corrected chi connectivity index (χ1v) is 8.35. The first kappa shape index (κ1) is 15.4. The Hall–Kier alpha value is -1.46. The van der Waals surface area contributed by atoms with Crippen LogP contribution in [0.15, 0.2) is 24.4 Å². The summed E-state index contributed by atoms with van der Waals surface area (Å²) in [5, 5.41) is 0. The Morgan fingerprint density at radius 2 is 1.91 bits per heavy atom. The van der Waals surface area contributed by atoms with E-state index in [-0.39, 0.29) is 5.41 Å². The SMILES string of the molecule is NCC1(C(=O)N2CCN(Cc3ccccn3)CC2)CCCC1.